The molecule has 2 N–H and O–H groups in total. The molecule has 100 valence electrons. The summed E-state index contributed by atoms with van der Waals surface area (Å²) in [6, 6.07) is -0.733. The predicted molar refractivity (Wildman–Crippen MR) is 67.8 cm³/mol. The highest BCUT2D eigenvalue weighted by Gasteiger charge is 2.23. The molecule has 2 unspecified atom stereocenters. The topological polar surface area (TPSA) is 66.4 Å². The molecule has 0 saturated heterocycles. The van der Waals surface area contributed by atoms with E-state index < -0.39 is 12.0 Å². The van der Waals surface area contributed by atoms with Crippen LogP contribution in [0, 0.1) is 5.92 Å². The van der Waals surface area contributed by atoms with Crippen molar-refractivity contribution in [2.45, 2.75) is 65.3 Å². The molecular formula is C13H25NO3. The highest BCUT2D eigenvalue weighted by Crippen LogP contribution is 2.13. The van der Waals surface area contributed by atoms with E-state index in [-0.39, 0.29) is 11.8 Å². The van der Waals surface area contributed by atoms with E-state index in [0.717, 1.165) is 32.1 Å². The molecule has 0 aromatic heterocycles. The maximum Gasteiger partial charge on any atom is 0.326 e. The third-order valence-corrected chi connectivity index (χ3v) is 2.96. The third kappa shape index (κ3) is 6.29. The summed E-state index contributed by atoms with van der Waals surface area (Å²) in [7, 11) is 0. The molecule has 0 rings (SSSR count). The second-order valence-corrected chi connectivity index (χ2v) is 4.44. The van der Waals surface area contributed by atoms with Gasteiger partial charge in [-0.1, -0.05) is 40.0 Å². The maximum atomic E-state index is 11.9. The van der Waals surface area contributed by atoms with Gasteiger partial charge in [-0.05, 0) is 19.3 Å². The predicted octanol–water partition coefficient (Wildman–Crippen LogP) is 2.57. The van der Waals surface area contributed by atoms with Crippen molar-refractivity contribution < 1.29 is 14.7 Å². The number of carboxylic acids is 1. The van der Waals surface area contributed by atoms with Crippen LogP contribution in [0.5, 0.6) is 0 Å². The lowest BCUT2D eigenvalue weighted by atomic mass is 9.98. The number of carboxylic acid groups (broad SMARTS) is 1. The number of aliphatic carboxylic acids is 1. The molecule has 0 aliphatic rings. The van der Waals surface area contributed by atoms with E-state index in [1.165, 1.54) is 0 Å². The summed E-state index contributed by atoms with van der Waals surface area (Å²) in [5, 5.41) is 11.6. The molecule has 0 aromatic carbocycles. The third-order valence-electron chi connectivity index (χ3n) is 2.96. The number of unbranched alkanes of at least 4 members (excludes halogenated alkanes) is 1. The number of carbonyl (C=O) groups excluding carboxylic acids is 1. The fourth-order valence-corrected chi connectivity index (χ4v) is 1.81. The summed E-state index contributed by atoms with van der Waals surface area (Å²) >= 11 is 0. The highest BCUT2D eigenvalue weighted by atomic mass is 16.4. The first-order chi connectivity index (χ1) is 8.06. The van der Waals surface area contributed by atoms with Gasteiger partial charge >= 0.3 is 5.97 Å². The normalized spacial score (nSPS) is 14.1. The Morgan fingerprint density at radius 3 is 2.18 bits per heavy atom. The summed E-state index contributed by atoms with van der Waals surface area (Å²) in [6.45, 7) is 5.97. The van der Waals surface area contributed by atoms with Crippen molar-refractivity contribution in [2.24, 2.45) is 5.92 Å². The lowest BCUT2D eigenvalue weighted by molar-refractivity contribution is -0.142. The Kier molecular flexibility index (Phi) is 8.46. The van der Waals surface area contributed by atoms with Gasteiger partial charge in [0.1, 0.15) is 6.04 Å². The molecule has 0 aliphatic carbocycles. The zero-order valence-electron chi connectivity index (χ0n) is 11.2. The van der Waals surface area contributed by atoms with E-state index in [1.807, 2.05) is 13.8 Å². The second kappa shape index (κ2) is 9.02. The molecule has 4 nitrogen and oxygen atoms in total. The number of amides is 1. The van der Waals surface area contributed by atoms with Crippen molar-refractivity contribution in [1.29, 1.82) is 0 Å². The summed E-state index contributed by atoms with van der Waals surface area (Å²) in [5.74, 6) is -1.10. The minimum Gasteiger partial charge on any atom is -0.480 e. The summed E-state index contributed by atoms with van der Waals surface area (Å²) in [5.41, 5.74) is 0. The zero-order valence-corrected chi connectivity index (χ0v) is 11.2. The highest BCUT2D eigenvalue weighted by molar-refractivity contribution is 5.84. The monoisotopic (exact) mass is 243 g/mol. The largest absolute Gasteiger partial charge is 0.480 e. The quantitative estimate of drug-likeness (QED) is 0.654. The molecule has 4 heteroatoms. The van der Waals surface area contributed by atoms with E-state index in [4.69, 9.17) is 5.11 Å². The minimum atomic E-state index is -0.939. The summed E-state index contributed by atoms with van der Waals surface area (Å²) < 4.78 is 0. The van der Waals surface area contributed by atoms with Crippen LogP contribution in [-0.2, 0) is 9.59 Å². The lowest BCUT2D eigenvalue weighted by Gasteiger charge is -2.18. The van der Waals surface area contributed by atoms with Crippen LogP contribution in [0.25, 0.3) is 0 Å². The van der Waals surface area contributed by atoms with Crippen LogP contribution in [0.3, 0.4) is 0 Å². The Morgan fingerprint density at radius 1 is 1.12 bits per heavy atom. The zero-order chi connectivity index (χ0) is 13.3. The SMILES string of the molecule is CCCCC(CC)C(=O)NC(CCC)C(=O)O. The number of rotatable bonds is 9. The first-order valence-corrected chi connectivity index (χ1v) is 6.59. The Morgan fingerprint density at radius 2 is 1.76 bits per heavy atom. The van der Waals surface area contributed by atoms with Gasteiger partial charge in [0, 0.05) is 5.92 Å². The molecule has 2 atom stereocenters. The number of hydrogen-bond donors (Lipinski definition) is 2. The van der Waals surface area contributed by atoms with E-state index in [2.05, 4.69) is 12.2 Å². The summed E-state index contributed by atoms with van der Waals surface area (Å²) in [4.78, 5) is 22.8. The molecule has 0 heterocycles. The van der Waals surface area contributed by atoms with Gasteiger partial charge in [-0.25, -0.2) is 4.79 Å². The molecule has 0 radical (unpaired) electrons. The van der Waals surface area contributed by atoms with Crippen LogP contribution < -0.4 is 5.32 Å². The van der Waals surface area contributed by atoms with Crippen molar-refractivity contribution in [3.05, 3.63) is 0 Å². The van der Waals surface area contributed by atoms with E-state index in [1.54, 1.807) is 0 Å². The van der Waals surface area contributed by atoms with E-state index in [9.17, 15) is 9.59 Å². The first kappa shape index (κ1) is 15.9. The van der Waals surface area contributed by atoms with Crippen molar-refractivity contribution in [3.8, 4) is 0 Å². The van der Waals surface area contributed by atoms with Crippen LogP contribution in [0.2, 0.25) is 0 Å². The van der Waals surface area contributed by atoms with Crippen LogP contribution in [0.4, 0.5) is 0 Å². The Hall–Kier alpha value is -1.06. The van der Waals surface area contributed by atoms with Gasteiger partial charge in [-0.15, -0.1) is 0 Å². The van der Waals surface area contributed by atoms with Crippen molar-refractivity contribution in [2.75, 3.05) is 0 Å². The van der Waals surface area contributed by atoms with Crippen molar-refractivity contribution >= 4 is 11.9 Å². The van der Waals surface area contributed by atoms with Gasteiger partial charge in [-0.3, -0.25) is 4.79 Å². The van der Waals surface area contributed by atoms with Crippen LogP contribution >= 0.6 is 0 Å². The molecule has 0 fully saturated rings. The average Bonchev–Trinajstić information content (AvgIpc) is 2.29. The van der Waals surface area contributed by atoms with Crippen molar-refractivity contribution in [3.63, 3.8) is 0 Å². The van der Waals surface area contributed by atoms with Gasteiger partial charge in [0.25, 0.3) is 0 Å². The van der Waals surface area contributed by atoms with Crippen molar-refractivity contribution in [1.82, 2.24) is 5.32 Å². The Balaban J connectivity index is 4.30. The second-order valence-electron chi connectivity index (χ2n) is 4.44. The van der Waals surface area contributed by atoms with Gasteiger partial charge in [0.15, 0.2) is 0 Å². The van der Waals surface area contributed by atoms with E-state index in [0.29, 0.717) is 6.42 Å². The smallest absolute Gasteiger partial charge is 0.326 e. The first-order valence-electron chi connectivity index (χ1n) is 6.59. The van der Waals surface area contributed by atoms with Gasteiger partial charge < -0.3 is 10.4 Å². The van der Waals surface area contributed by atoms with Gasteiger partial charge in [-0.2, -0.15) is 0 Å². The minimum absolute atomic E-state index is 0.0475. The number of hydrogen-bond acceptors (Lipinski definition) is 2. The Bertz CT molecular complexity index is 241. The van der Waals surface area contributed by atoms with Crippen LogP contribution in [-0.4, -0.2) is 23.0 Å². The van der Waals surface area contributed by atoms with E-state index >= 15 is 0 Å². The molecule has 17 heavy (non-hydrogen) atoms. The molecular weight excluding hydrogens is 218 g/mol. The average molecular weight is 243 g/mol. The fraction of sp³-hybridized carbons (Fsp3) is 0.846. The molecule has 0 aliphatic heterocycles. The molecule has 0 aromatic rings. The summed E-state index contributed by atoms with van der Waals surface area (Å²) in [6.07, 6.45) is 4.93. The Labute approximate surface area is 104 Å². The lowest BCUT2D eigenvalue weighted by Crippen LogP contribution is -2.43. The van der Waals surface area contributed by atoms with Crippen LogP contribution in [0.1, 0.15) is 59.3 Å². The molecule has 0 bridgehead atoms. The molecule has 0 spiro atoms. The molecule has 0 saturated carbocycles. The van der Waals surface area contributed by atoms with Crippen LogP contribution in [0.15, 0.2) is 0 Å². The number of nitrogens with one attached hydrogen (secondary N) is 1. The van der Waals surface area contributed by atoms with Gasteiger partial charge in [0.2, 0.25) is 5.91 Å². The maximum absolute atomic E-state index is 11.9. The number of carbonyl (C=O) groups is 2. The fourth-order valence-electron chi connectivity index (χ4n) is 1.81. The molecule has 1 amide bonds. The standard InChI is InChI=1S/C13H25NO3/c1-4-7-9-10(6-3)12(15)14-11(8-5-2)13(16)17/h10-11H,4-9H2,1-3H3,(H,14,15)(H,16,17). The van der Waals surface area contributed by atoms with Gasteiger partial charge in [0.05, 0.1) is 0 Å².